The summed E-state index contributed by atoms with van der Waals surface area (Å²) >= 11 is 0. The van der Waals surface area contributed by atoms with Crippen molar-refractivity contribution >= 4 is 5.96 Å². The number of halogens is 1. The molecule has 0 saturated carbocycles. The molecule has 17 heavy (non-hydrogen) atoms. The van der Waals surface area contributed by atoms with Crippen molar-refractivity contribution < 1.29 is 4.39 Å². The fourth-order valence-electron chi connectivity index (χ4n) is 1.48. The maximum atomic E-state index is 13.0. The summed E-state index contributed by atoms with van der Waals surface area (Å²) in [6.45, 7) is 3.32. The molecule has 0 unspecified atom stereocenters. The molecule has 0 aliphatic heterocycles. The van der Waals surface area contributed by atoms with Gasteiger partial charge in [-0.05, 0) is 24.1 Å². The van der Waals surface area contributed by atoms with Crippen molar-refractivity contribution in [2.45, 2.75) is 19.9 Å². The first-order valence-corrected chi connectivity index (χ1v) is 5.64. The molecule has 1 rings (SSSR count). The molecule has 5 heteroatoms. The lowest BCUT2D eigenvalue weighted by Crippen LogP contribution is -2.42. The Morgan fingerprint density at radius 1 is 1.53 bits per heavy atom. The summed E-state index contributed by atoms with van der Waals surface area (Å²) in [5.74, 6) is 5.78. The summed E-state index contributed by atoms with van der Waals surface area (Å²) in [6.07, 6.45) is 0.957. The highest BCUT2D eigenvalue weighted by atomic mass is 19.1. The zero-order valence-corrected chi connectivity index (χ0v) is 10.3. The van der Waals surface area contributed by atoms with Gasteiger partial charge in [0.15, 0.2) is 0 Å². The van der Waals surface area contributed by atoms with E-state index in [0.29, 0.717) is 19.0 Å². The highest BCUT2D eigenvalue weighted by Gasteiger charge is 2.05. The first kappa shape index (κ1) is 13.4. The molecule has 0 aliphatic carbocycles. The standard InChI is InChI=1S/C12H19FN4/c1-3-7-15-12(16-14)17(2)9-10-5-4-6-11(13)8-10/h4-6,8H,3,7,9,14H2,1-2H3,(H,15,16). The molecule has 3 N–H and O–H groups in total. The van der Waals surface area contributed by atoms with Crippen LogP contribution >= 0.6 is 0 Å². The van der Waals surface area contributed by atoms with Gasteiger partial charge in [0.05, 0.1) is 0 Å². The van der Waals surface area contributed by atoms with E-state index in [2.05, 4.69) is 10.4 Å². The van der Waals surface area contributed by atoms with Gasteiger partial charge in [-0.2, -0.15) is 0 Å². The largest absolute Gasteiger partial charge is 0.341 e. The van der Waals surface area contributed by atoms with Gasteiger partial charge < -0.3 is 4.90 Å². The topological polar surface area (TPSA) is 53.6 Å². The maximum absolute atomic E-state index is 13.0. The molecular weight excluding hydrogens is 219 g/mol. The van der Waals surface area contributed by atoms with E-state index in [9.17, 15) is 4.39 Å². The van der Waals surface area contributed by atoms with Crippen LogP contribution in [0.25, 0.3) is 0 Å². The van der Waals surface area contributed by atoms with Crippen LogP contribution in [-0.4, -0.2) is 24.5 Å². The molecule has 1 aromatic carbocycles. The Balaban J connectivity index is 2.67. The average Bonchev–Trinajstić information content (AvgIpc) is 2.30. The van der Waals surface area contributed by atoms with Gasteiger partial charge in [0.1, 0.15) is 5.82 Å². The van der Waals surface area contributed by atoms with Gasteiger partial charge in [-0.1, -0.05) is 19.1 Å². The van der Waals surface area contributed by atoms with Crippen LogP contribution in [0.3, 0.4) is 0 Å². The zero-order chi connectivity index (χ0) is 12.7. The number of benzene rings is 1. The van der Waals surface area contributed by atoms with Gasteiger partial charge >= 0.3 is 0 Å². The van der Waals surface area contributed by atoms with Crippen LogP contribution < -0.4 is 11.3 Å². The summed E-state index contributed by atoms with van der Waals surface area (Å²) in [5, 5.41) is 0. The van der Waals surface area contributed by atoms with Gasteiger partial charge in [-0.3, -0.25) is 10.4 Å². The van der Waals surface area contributed by atoms with E-state index in [0.717, 1.165) is 12.0 Å². The molecule has 94 valence electrons. The summed E-state index contributed by atoms with van der Waals surface area (Å²) < 4.78 is 13.0. The number of hydrazine groups is 1. The average molecular weight is 238 g/mol. The highest BCUT2D eigenvalue weighted by molar-refractivity contribution is 5.79. The molecule has 4 nitrogen and oxygen atoms in total. The molecule has 0 bridgehead atoms. The van der Waals surface area contributed by atoms with Crippen LogP contribution in [0.5, 0.6) is 0 Å². The lowest BCUT2D eigenvalue weighted by molar-refractivity contribution is 0.475. The Morgan fingerprint density at radius 2 is 2.29 bits per heavy atom. The van der Waals surface area contributed by atoms with Gasteiger partial charge in [0.25, 0.3) is 0 Å². The number of rotatable bonds is 4. The second-order valence-corrected chi connectivity index (χ2v) is 3.84. The number of hydrogen-bond donors (Lipinski definition) is 2. The summed E-state index contributed by atoms with van der Waals surface area (Å²) in [7, 11) is 1.86. The minimum Gasteiger partial charge on any atom is -0.341 e. The van der Waals surface area contributed by atoms with Crippen LogP contribution in [0, 0.1) is 5.82 Å². The molecule has 0 amide bonds. The number of guanidine groups is 1. The Morgan fingerprint density at radius 3 is 2.88 bits per heavy atom. The maximum Gasteiger partial charge on any atom is 0.208 e. The zero-order valence-electron chi connectivity index (χ0n) is 10.3. The minimum atomic E-state index is -0.233. The predicted molar refractivity (Wildman–Crippen MR) is 67.8 cm³/mol. The van der Waals surface area contributed by atoms with Gasteiger partial charge in [-0.25, -0.2) is 10.2 Å². The number of nitrogens with two attached hydrogens (primary N) is 1. The third-order valence-electron chi connectivity index (χ3n) is 2.28. The van der Waals surface area contributed by atoms with Crippen LogP contribution in [0.2, 0.25) is 0 Å². The fraction of sp³-hybridized carbons (Fsp3) is 0.417. The Kier molecular flexibility index (Phi) is 5.42. The minimum absolute atomic E-state index is 0.233. The first-order chi connectivity index (χ1) is 8.17. The molecule has 0 spiro atoms. The Hall–Kier alpha value is -1.62. The fourth-order valence-corrected chi connectivity index (χ4v) is 1.48. The van der Waals surface area contributed by atoms with Gasteiger partial charge in [0.2, 0.25) is 5.96 Å². The molecular formula is C12H19FN4. The van der Waals surface area contributed by atoms with Crippen LogP contribution in [0.15, 0.2) is 29.3 Å². The SMILES string of the molecule is CCCN=C(NN)N(C)Cc1cccc(F)c1. The molecule has 1 aromatic rings. The molecule has 0 heterocycles. The molecule has 0 aliphatic rings. The Labute approximate surface area is 101 Å². The first-order valence-electron chi connectivity index (χ1n) is 5.64. The molecule has 0 aromatic heterocycles. The third-order valence-corrected chi connectivity index (χ3v) is 2.28. The van der Waals surface area contributed by atoms with E-state index in [-0.39, 0.29) is 5.82 Å². The van der Waals surface area contributed by atoms with Gasteiger partial charge in [-0.15, -0.1) is 0 Å². The number of aliphatic imine (C=N–C) groups is 1. The summed E-state index contributed by atoms with van der Waals surface area (Å²) in [4.78, 5) is 6.14. The van der Waals surface area contributed by atoms with Crippen molar-refractivity contribution in [2.75, 3.05) is 13.6 Å². The van der Waals surface area contributed by atoms with Crippen molar-refractivity contribution in [1.82, 2.24) is 10.3 Å². The molecule has 0 atom stereocenters. The molecule has 0 fully saturated rings. The van der Waals surface area contributed by atoms with E-state index >= 15 is 0 Å². The second kappa shape index (κ2) is 6.85. The number of hydrogen-bond acceptors (Lipinski definition) is 2. The second-order valence-electron chi connectivity index (χ2n) is 3.84. The van der Waals surface area contributed by atoms with Crippen LogP contribution in [0.4, 0.5) is 4.39 Å². The van der Waals surface area contributed by atoms with Crippen LogP contribution in [-0.2, 0) is 6.54 Å². The van der Waals surface area contributed by atoms with Crippen molar-refractivity contribution in [1.29, 1.82) is 0 Å². The van der Waals surface area contributed by atoms with E-state index in [1.807, 2.05) is 24.9 Å². The van der Waals surface area contributed by atoms with Crippen LogP contribution in [0.1, 0.15) is 18.9 Å². The summed E-state index contributed by atoms with van der Waals surface area (Å²) in [6, 6.07) is 6.49. The molecule has 0 saturated heterocycles. The smallest absolute Gasteiger partial charge is 0.208 e. The van der Waals surface area contributed by atoms with Gasteiger partial charge in [0, 0.05) is 20.1 Å². The number of nitrogens with one attached hydrogen (secondary N) is 1. The monoisotopic (exact) mass is 238 g/mol. The van der Waals surface area contributed by atoms with Crippen molar-refractivity contribution in [3.05, 3.63) is 35.6 Å². The highest BCUT2D eigenvalue weighted by Crippen LogP contribution is 2.06. The Bertz CT molecular complexity index is 379. The van der Waals surface area contributed by atoms with E-state index in [1.165, 1.54) is 12.1 Å². The van der Waals surface area contributed by atoms with Crippen molar-refractivity contribution in [3.8, 4) is 0 Å². The number of nitrogens with zero attached hydrogens (tertiary/aromatic N) is 2. The quantitative estimate of drug-likeness (QED) is 0.361. The predicted octanol–water partition coefficient (Wildman–Crippen LogP) is 1.49. The van der Waals surface area contributed by atoms with E-state index < -0.39 is 0 Å². The molecule has 0 radical (unpaired) electrons. The van der Waals surface area contributed by atoms with Crippen molar-refractivity contribution in [2.24, 2.45) is 10.8 Å². The van der Waals surface area contributed by atoms with E-state index in [4.69, 9.17) is 5.84 Å². The lowest BCUT2D eigenvalue weighted by Gasteiger charge is -2.20. The summed E-state index contributed by atoms with van der Waals surface area (Å²) in [5.41, 5.74) is 3.44. The lowest BCUT2D eigenvalue weighted by atomic mass is 10.2. The van der Waals surface area contributed by atoms with E-state index in [1.54, 1.807) is 6.07 Å². The normalized spacial score (nSPS) is 11.4. The van der Waals surface area contributed by atoms with Crippen molar-refractivity contribution in [3.63, 3.8) is 0 Å². The third kappa shape index (κ3) is 4.40.